The van der Waals surface area contributed by atoms with Crippen LogP contribution in [0.15, 0.2) is 23.2 Å². The number of urea groups is 1. The van der Waals surface area contributed by atoms with Crippen LogP contribution in [0.5, 0.6) is 0 Å². The lowest BCUT2D eigenvalue weighted by Gasteiger charge is -2.31. The number of anilines is 1. The molecule has 0 spiro atoms. The van der Waals surface area contributed by atoms with Crippen LogP contribution in [-0.4, -0.2) is 31.1 Å². The first-order chi connectivity index (χ1) is 8.15. The van der Waals surface area contributed by atoms with Crippen LogP contribution in [0.3, 0.4) is 0 Å². The molecule has 0 aliphatic carbocycles. The summed E-state index contributed by atoms with van der Waals surface area (Å²) in [6.07, 6.45) is 1.59. The Bertz CT molecular complexity index is 455. The smallest absolute Gasteiger partial charge is 0.252 e. The van der Waals surface area contributed by atoms with E-state index in [2.05, 4.69) is 10.4 Å². The van der Waals surface area contributed by atoms with Crippen LogP contribution in [0.1, 0.15) is 11.1 Å². The summed E-state index contributed by atoms with van der Waals surface area (Å²) in [4.78, 5) is 17.9. The number of aliphatic imine (C=N–C) groups is 1. The van der Waals surface area contributed by atoms with Crippen molar-refractivity contribution in [1.82, 2.24) is 10.4 Å². The zero-order valence-electron chi connectivity index (χ0n) is 10.7. The van der Waals surface area contributed by atoms with Crippen LogP contribution in [0.4, 0.5) is 10.5 Å². The molecule has 2 rings (SSSR count). The molecule has 1 aromatic carbocycles. The molecule has 6 heteroatoms. The monoisotopic (exact) mass is 268 g/mol. The number of nitrogens with one attached hydrogen (secondary N) is 1. The molecule has 0 fully saturated rings. The highest BCUT2D eigenvalue weighted by Crippen LogP contribution is 2.25. The molecule has 0 saturated heterocycles. The zero-order valence-corrected chi connectivity index (χ0v) is 11.5. The molecule has 1 aliphatic heterocycles. The van der Waals surface area contributed by atoms with Gasteiger partial charge in [-0.15, -0.1) is 12.4 Å². The Hall–Kier alpha value is -1.59. The van der Waals surface area contributed by atoms with Crippen molar-refractivity contribution in [2.24, 2.45) is 4.99 Å². The van der Waals surface area contributed by atoms with E-state index < -0.39 is 0 Å². The summed E-state index contributed by atoms with van der Waals surface area (Å²) in [7, 11) is 1.71. The summed E-state index contributed by atoms with van der Waals surface area (Å²) in [5.74, 6) is 0. The number of hydrogen-bond donors (Lipinski definition) is 1. The second kappa shape index (κ2) is 5.84. The van der Waals surface area contributed by atoms with Gasteiger partial charge in [-0.25, -0.2) is 15.2 Å². The number of para-hydroxylation sites is 1. The SMILES string of the molecule is CNN1CN=CN(c2c(C)cccc2C)C1=O.Cl. The fourth-order valence-corrected chi connectivity index (χ4v) is 1.95. The number of hydrazine groups is 1. The minimum absolute atomic E-state index is 0. The van der Waals surface area contributed by atoms with Gasteiger partial charge >= 0.3 is 6.03 Å². The standard InChI is InChI=1S/C12H16N4O.ClH/c1-9-5-4-6-10(2)11(9)15-7-14-8-16(13-3)12(15)17;/h4-7,13H,8H2,1-3H3;1H. The van der Waals surface area contributed by atoms with Crippen molar-refractivity contribution in [3.8, 4) is 0 Å². The zero-order chi connectivity index (χ0) is 12.4. The molecule has 0 bridgehead atoms. The molecule has 1 aromatic rings. The third-order valence-corrected chi connectivity index (χ3v) is 2.81. The van der Waals surface area contributed by atoms with Crippen LogP contribution in [-0.2, 0) is 0 Å². The number of rotatable bonds is 2. The van der Waals surface area contributed by atoms with Gasteiger partial charge in [0, 0.05) is 7.05 Å². The highest BCUT2D eigenvalue weighted by molar-refractivity contribution is 6.09. The van der Waals surface area contributed by atoms with Gasteiger partial charge in [0.25, 0.3) is 0 Å². The van der Waals surface area contributed by atoms with Gasteiger partial charge in [-0.1, -0.05) is 18.2 Å². The molecule has 0 aromatic heterocycles. The van der Waals surface area contributed by atoms with E-state index in [4.69, 9.17) is 0 Å². The van der Waals surface area contributed by atoms with Gasteiger partial charge in [0.2, 0.25) is 0 Å². The van der Waals surface area contributed by atoms with Crippen molar-refractivity contribution < 1.29 is 4.79 Å². The van der Waals surface area contributed by atoms with Crippen molar-refractivity contribution in [2.45, 2.75) is 13.8 Å². The number of hydrogen-bond acceptors (Lipinski definition) is 3. The second-order valence-corrected chi connectivity index (χ2v) is 3.98. The van der Waals surface area contributed by atoms with Crippen molar-refractivity contribution in [3.05, 3.63) is 29.3 Å². The van der Waals surface area contributed by atoms with Crippen molar-refractivity contribution in [1.29, 1.82) is 0 Å². The van der Waals surface area contributed by atoms with Gasteiger partial charge in [0.1, 0.15) is 13.0 Å². The normalized spacial score (nSPS) is 14.7. The highest BCUT2D eigenvalue weighted by Gasteiger charge is 2.25. The lowest BCUT2D eigenvalue weighted by molar-refractivity contribution is 0.187. The minimum Gasteiger partial charge on any atom is -0.252 e. The Morgan fingerprint density at radius 2 is 1.89 bits per heavy atom. The number of carbonyl (C=O) groups excluding carboxylic acids is 1. The van der Waals surface area contributed by atoms with E-state index in [1.807, 2.05) is 32.0 Å². The van der Waals surface area contributed by atoms with Crippen LogP contribution in [0.2, 0.25) is 0 Å². The quantitative estimate of drug-likeness (QED) is 0.893. The maximum atomic E-state index is 12.2. The molecule has 0 radical (unpaired) electrons. The number of carbonyl (C=O) groups is 1. The number of benzene rings is 1. The van der Waals surface area contributed by atoms with E-state index in [0.29, 0.717) is 6.67 Å². The van der Waals surface area contributed by atoms with Gasteiger partial charge in [0.05, 0.1) is 5.69 Å². The lowest BCUT2D eigenvalue weighted by atomic mass is 10.1. The Morgan fingerprint density at radius 1 is 1.28 bits per heavy atom. The minimum atomic E-state index is -0.111. The van der Waals surface area contributed by atoms with Gasteiger partial charge < -0.3 is 0 Å². The van der Waals surface area contributed by atoms with E-state index in [0.717, 1.165) is 16.8 Å². The van der Waals surface area contributed by atoms with Crippen LogP contribution >= 0.6 is 12.4 Å². The third-order valence-electron chi connectivity index (χ3n) is 2.81. The van der Waals surface area contributed by atoms with E-state index in [-0.39, 0.29) is 18.4 Å². The number of nitrogens with zero attached hydrogens (tertiary/aromatic N) is 3. The summed E-state index contributed by atoms with van der Waals surface area (Å²) in [5.41, 5.74) is 5.84. The van der Waals surface area contributed by atoms with Gasteiger partial charge in [-0.3, -0.25) is 9.89 Å². The lowest BCUT2D eigenvalue weighted by Crippen LogP contribution is -2.51. The van der Waals surface area contributed by atoms with Crippen LogP contribution < -0.4 is 10.3 Å². The first-order valence-electron chi connectivity index (χ1n) is 5.49. The number of halogens is 1. The second-order valence-electron chi connectivity index (χ2n) is 3.98. The maximum Gasteiger partial charge on any atom is 0.345 e. The van der Waals surface area contributed by atoms with Crippen molar-refractivity contribution in [3.63, 3.8) is 0 Å². The molecule has 1 heterocycles. The van der Waals surface area contributed by atoms with Crippen LogP contribution in [0, 0.1) is 13.8 Å². The predicted octanol–water partition coefficient (Wildman–Crippen LogP) is 2.09. The Morgan fingerprint density at radius 3 is 2.44 bits per heavy atom. The summed E-state index contributed by atoms with van der Waals surface area (Å²) < 4.78 is 0. The Balaban J connectivity index is 0.00000162. The molecular formula is C12H17ClN4O. The van der Waals surface area contributed by atoms with Crippen LogP contribution in [0.25, 0.3) is 0 Å². The van der Waals surface area contributed by atoms with E-state index in [9.17, 15) is 4.79 Å². The molecule has 1 aliphatic rings. The Kier molecular flexibility index (Phi) is 4.69. The molecule has 0 atom stereocenters. The fourth-order valence-electron chi connectivity index (χ4n) is 1.95. The highest BCUT2D eigenvalue weighted by atomic mass is 35.5. The first-order valence-corrected chi connectivity index (χ1v) is 5.49. The van der Waals surface area contributed by atoms with E-state index >= 15 is 0 Å². The molecule has 5 nitrogen and oxygen atoms in total. The number of amides is 2. The largest absolute Gasteiger partial charge is 0.345 e. The van der Waals surface area contributed by atoms with E-state index in [1.165, 1.54) is 5.01 Å². The predicted molar refractivity (Wildman–Crippen MR) is 75.3 cm³/mol. The molecule has 1 N–H and O–H groups in total. The molecule has 18 heavy (non-hydrogen) atoms. The van der Waals surface area contributed by atoms with Gasteiger partial charge in [0.15, 0.2) is 0 Å². The molecule has 0 unspecified atom stereocenters. The molecule has 2 amide bonds. The summed E-state index contributed by atoms with van der Waals surface area (Å²) in [6.45, 7) is 4.32. The fraction of sp³-hybridized carbons (Fsp3) is 0.333. The van der Waals surface area contributed by atoms with Crippen molar-refractivity contribution in [2.75, 3.05) is 18.6 Å². The topological polar surface area (TPSA) is 47.9 Å². The Labute approximate surface area is 113 Å². The molecular weight excluding hydrogens is 252 g/mol. The maximum absolute atomic E-state index is 12.2. The van der Waals surface area contributed by atoms with Gasteiger partial charge in [-0.2, -0.15) is 0 Å². The number of aryl methyl sites for hydroxylation is 2. The van der Waals surface area contributed by atoms with Crippen molar-refractivity contribution >= 4 is 30.5 Å². The summed E-state index contributed by atoms with van der Waals surface area (Å²) >= 11 is 0. The average Bonchev–Trinajstić information content (AvgIpc) is 2.31. The molecule has 0 saturated carbocycles. The molecule has 98 valence electrons. The summed E-state index contributed by atoms with van der Waals surface area (Å²) in [6, 6.07) is 5.85. The average molecular weight is 269 g/mol. The third kappa shape index (κ3) is 2.47. The first kappa shape index (κ1) is 14.5. The van der Waals surface area contributed by atoms with Gasteiger partial charge in [-0.05, 0) is 25.0 Å². The van der Waals surface area contributed by atoms with E-state index in [1.54, 1.807) is 18.3 Å². The summed E-state index contributed by atoms with van der Waals surface area (Å²) in [5, 5.41) is 1.46.